The Kier molecular flexibility index (Phi) is 3.32. The molecule has 17 heavy (non-hydrogen) atoms. The van der Waals surface area contributed by atoms with Crippen LogP contribution in [0.4, 0.5) is 11.4 Å². The molecule has 2 rings (SSSR count). The van der Waals surface area contributed by atoms with Crippen molar-refractivity contribution in [2.45, 2.75) is 20.0 Å². The Morgan fingerprint density at radius 1 is 1.41 bits per heavy atom. The highest BCUT2D eigenvalue weighted by molar-refractivity contribution is 5.55. The Hall–Kier alpha value is -1.97. The fourth-order valence-electron chi connectivity index (χ4n) is 1.79. The van der Waals surface area contributed by atoms with Gasteiger partial charge in [0, 0.05) is 43.3 Å². The standard InChI is InChI=1S/C13H18N4/c1-3-17-10-11(8-15-17)9-16(2)13-6-4-5-12(14)7-13/h4-8,10H,3,9,14H2,1-2H3. The van der Waals surface area contributed by atoms with Crippen LogP contribution in [0, 0.1) is 0 Å². The van der Waals surface area contributed by atoms with Gasteiger partial charge in [0.15, 0.2) is 0 Å². The van der Waals surface area contributed by atoms with Crippen LogP contribution in [0.25, 0.3) is 0 Å². The van der Waals surface area contributed by atoms with Crippen molar-refractivity contribution >= 4 is 11.4 Å². The van der Waals surface area contributed by atoms with Crippen molar-refractivity contribution in [3.05, 3.63) is 42.2 Å². The van der Waals surface area contributed by atoms with Crippen LogP contribution >= 0.6 is 0 Å². The van der Waals surface area contributed by atoms with Crippen LogP contribution in [0.15, 0.2) is 36.7 Å². The van der Waals surface area contributed by atoms with E-state index in [0.29, 0.717) is 0 Å². The molecule has 0 bridgehead atoms. The molecule has 0 radical (unpaired) electrons. The van der Waals surface area contributed by atoms with Gasteiger partial charge in [0.25, 0.3) is 0 Å². The predicted molar refractivity (Wildman–Crippen MR) is 70.9 cm³/mol. The highest BCUT2D eigenvalue weighted by Gasteiger charge is 2.04. The number of aromatic nitrogens is 2. The highest BCUT2D eigenvalue weighted by atomic mass is 15.3. The van der Waals surface area contributed by atoms with Crippen LogP contribution < -0.4 is 10.6 Å². The Balaban J connectivity index is 2.08. The van der Waals surface area contributed by atoms with E-state index in [4.69, 9.17) is 5.73 Å². The maximum Gasteiger partial charge on any atom is 0.0539 e. The molecular formula is C13H18N4. The van der Waals surface area contributed by atoms with Crippen LogP contribution in [0.1, 0.15) is 12.5 Å². The molecule has 0 atom stereocenters. The minimum atomic E-state index is 0.790. The maximum atomic E-state index is 5.77. The summed E-state index contributed by atoms with van der Waals surface area (Å²) in [6.07, 6.45) is 3.98. The van der Waals surface area contributed by atoms with Gasteiger partial charge in [-0.1, -0.05) is 6.07 Å². The van der Waals surface area contributed by atoms with E-state index in [-0.39, 0.29) is 0 Å². The average molecular weight is 230 g/mol. The first-order valence-electron chi connectivity index (χ1n) is 5.77. The highest BCUT2D eigenvalue weighted by Crippen LogP contribution is 2.17. The molecule has 1 heterocycles. The second-order valence-electron chi connectivity index (χ2n) is 4.16. The van der Waals surface area contributed by atoms with Gasteiger partial charge in [0.05, 0.1) is 6.20 Å². The van der Waals surface area contributed by atoms with Crippen molar-refractivity contribution in [1.82, 2.24) is 9.78 Å². The molecule has 1 aromatic carbocycles. The quantitative estimate of drug-likeness (QED) is 0.818. The zero-order valence-electron chi connectivity index (χ0n) is 10.3. The molecule has 2 aromatic rings. The molecule has 4 nitrogen and oxygen atoms in total. The average Bonchev–Trinajstić information content (AvgIpc) is 2.77. The summed E-state index contributed by atoms with van der Waals surface area (Å²) in [6.45, 7) is 3.82. The van der Waals surface area contributed by atoms with Crippen LogP contribution in [-0.2, 0) is 13.1 Å². The summed E-state index contributed by atoms with van der Waals surface area (Å²) in [4.78, 5) is 2.16. The lowest BCUT2D eigenvalue weighted by atomic mass is 10.2. The van der Waals surface area contributed by atoms with Gasteiger partial charge in [-0.3, -0.25) is 4.68 Å². The Morgan fingerprint density at radius 3 is 2.88 bits per heavy atom. The van der Waals surface area contributed by atoms with Gasteiger partial charge < -0.3 is 10.6 Å². The minimum Gasteiger partial charge on any atom is -0.399 e. The van der Waals surface area contributed by atoms with Crippen LogP contribution in [0.2, 0.25) is 0 Å². The van der Waals surface area contributed by atoms with Crippen molar-refractivity contribution in [3.63, 3.8) is 0 Å². The number of hydrogen-bond donors (Lipinski definition) is 1. The summed E-state index contributed by atoms with van der Waals surface area (Å²) >= 11 is 0. The van der Waals surface area contributed by atoms with E-state index < -0.39 is 0 Å². The third kappa shape index (κ3) is 2.78. The topological polar surface area (TPSA) is 47.1 Å². The van der Waals surface area contributed by atoms with Crippen molar-refractivity contribution < 1.29 is 0 Å². The number of anilines is 2. The first-order chi connectivity index (χ1) is 8.19. The molecule has 0 spiro atoms. The van der Waals surface area contributed by atoms with E-state index in [2.05, 4.69) is 36.2 Å². The summed E-state index contributed by atoms with van der Waals surface area (Å²) in [5.74, 6) is 0. The third-order valence-electron chi connectivity index (χ3n) is 2.74. The zero-order chi connectivity index (χ0) is 12.3. The number of nitrogen functional groups attached to an aromatic ring is 1. The predicted octanol–water partition coefficient (Wildman–Crippen LogP) is 2.12. The van der Waals surface area contributed by atoms with E-state index in [0.717, 1.165) is 24.5 Å². The number of nitrogens with zero attached hydrogens (tertiary/aromatic N) is 3. The van der Waals surface area contributed by atoms with E-state index in [1.165, 1.54) is 5.56 Å². The Bertz CT molecular complexity index is 490. The van der Waals surface area contributed by atoms with Crippen molar-refractivity contribution in [1.29, 1.82) is 0 Å². The number of benzene rings is 1. The monoisotopic (exact) mass is 230 g/mol. The molecule has 4 heteroatoms. The minimum absolute atomic E-state index is 0.790. The molecular weight excluding hydrogens is 212 g/mol. The Labute approximate surface area is 102 Å². The summed E-state index contributed by atoms with van der Waals surface area (Å²) in [5, 5.41) is 4.26. The fourth-order valence-corrected chi connectivity index (χ4v) is 1.79. The van der Waals surface area contributed by atoms with Gasteiger partial charge in [-0.25, -0.2) is 0 Å². The smallest absolute Gasteiger partial charge is 0.0539 e. The summed E-state index contributed by atoms with van der Waals surface area (Å²) in [6, 6.07) is 7.90. The van der Waals surface area contributed by atoms with Crippen LogP contribution in [-0.4, -0.2) is 16.8 Å². The van der Waals surface area contributed by atoms with E-state index in [1.807, 2.05) is 29.1 Å². The number of aryl methyl sites for hydroxylation is 1. The van der Waals surface area contributed by atoms with Gasteiger partial charge in [-0.15, -0.1) is 0 Å². The lowest BCUT2D eigenvalue weighted by molar-refractivity contribution is 0.659. The number of nitrogens with two attached hydrogens (primary N) is 1. The SMILES string of the molecule is CCn1cc(CN(C)c2cccc(N)c2)cn1. The summed E-state index contributed by atoms with van der Waals surface area (Å²) in [5.41, 5.74) is 8.89. The largest absolute Gasteiger partial charge is 0.399 e. The fraction of sp³-hybridized carbons (Fsp3) is 0.308. The second kappa shape index (κ2) is 4.91. The molecule has 90 valence electrons. The molecule has 0 saturated carbocycles. The second-order valence-corrected chi connectivity index (χ2v) is 4.16. The molecule has 2 N–H and O–H groups in total. The summed E-state index contributed by atoms with van der Waals surface area (Å²) in [7, 11) is 2.05. The lowest BCUT2D eigenvalue weighted by Crippen LogP contribution is -2.16. The van der Waals surface area contributed by atoms with E-state index >= 15 is 0 Å². The molecule has 0 aliphatic carbocycles. The van der Waals surface area contributed by atoms with Gasteiger partial charge in [-0.05, 0) is 25.1 Å². The molecule has 0 amide bonds. The van der Waals surface area contributed by atoms with Gasteiger partial charge in [0.2, 0.25) is 0 Å². The van der Waals surface area contributed by atoms with Crippen LogP contribution in [0.3, 0.4) is 0 Å². The van der Waals surface area contributed by atoms with Gasteiger partial charge in [0.1, 0.15) is 0 Å². The molecule has 0 aliphatic heterocycles. The van der Waals surface area contributed by atoms with E-state index in [1.54, 1.807) is 0 Å². The van der Waals surface area contributed by atoms with Crippen molar-refractivity contribution in [3.8, 4) is 0 Å². The lowest BCUT2D eigenvalue weighted by Gasteiger charge is -2.18. The molecule has 0 fully saturated rings. The normalized spacial score (nSPS) is 10.5. The Morgan fingerprint density at radius 2 is 2.24 bits per heavy atom. The molecule has 0 unspecified atom stereocenters. The molecule has 0 saturated heterocycles. The van der Waals surface area contributed by atoms with Gasteiger partial charge >= 0.3 is 0 Å². The number of hydrogen-bond acceptors (Lipinski definition) is 3. The maximum absolute atomic E-state index is 5.77. The van der Waals surface area contributed by atoms with Crippen LogP contribution in [0.5, 0.6) is 0 Å². The molecule has 1 aromatic heterocycles. The van der Waals surface area contributed by atoms with Crippen molar-refractivity contribution in [2.24, 2.45) is 0 Å². The summed E-state index contributed by atoms with van der Waals surface area (Å²) < 4.78 is 1.93. The third-order valence-corrected chi connectivity index (χ3v) is 2.74. The zero-order valence-corrected chi connectivity index (χ0v) is 10.3. The molecule has 0 aliphatic rings. The first-order valence-corrected chi connectivity index (χ1v) is 5.77. The number of rotatable bonds is 4. The first kappa shape index (κ1) is 11.5. The van der Waals surface area contributed by atoms with E-state index in [9.17, 15) is 0 Å². The van der Waals surface area contributed by atoms with Gasteiger partial charge in [-0.2, -0.15) is 5.10 Å². The van der Waals surface area contributed by atoms with Crippen molar-refractivity contribution in [2.75, 3.05) is 17.7 Å².